The molecule has 2 nitrogen and oxygen atoms in total. The standard InChI is InChI=1S/C16H18N2S/c1-2-13-3-6-17-15(13)9-12(1)10-18-7-4-16-14(11-18)5-8-19-16/h1-2,5,8-9,17H,3-4,6-7,10-11H2. The average Bonchev–Trinajstić information content (AvgIpc) is 3.05. The van der Waals surface area contributed by atoms with Crippen molar-refractivity contribution in [1.82, 2.24) is 4.90 Å². The number of rotatable bonds is 2. The summed E-state index contributed by atoms with van der Waals surface area (Å²) in [5.74, 6) is 0. The predicted molar refractivity (Wildman–Crippen MR) is 80.8 cm³/mol. The van der Waals surface area contributed by atoms with Gasteiger partial charge < -0.3 is 5.32 Å². The molecule has 0 radical (unpaired) electrons. The molecule has 2 aromatic rings. The van der Waals surface area contributed by atoms with Crippen molar-refractivity contribution < 1.29 is 0 Å². The van der Waals surface area contributed by atoms with Crippen LogP contribution in [0.15, 0.2) is 29.6 Å². The van der Waals surface area contributed by atoms with Gasteiger partial charge in [0.15, 0.2) is 0 Å². The highest BCUT2D eigenvalue weighted by Crippen LogP contribution is 2.27. The summed E-state index contributed by atoms with van der Waals surface area (Å²) in [4.78, 5) is 4.15. The zero-order valence-corrected chi connectivity index (χ0v) is 11.8. The van der Waals surface area contributed by atoms with Gasteiger partial charge in [0.1, 0.15) is 0 Å². The van der Waals surface area contributed by atoms with Gasteiger partial charge in [-0.1, -0.05) is 12.1 Å². The summed E-state index contributed by atoms with van der Waals surface area (Å²) in [5, 5.41) is 5.70. The van der Waals surface area contributed by atoms with Crippen LogP contribution in [0.4, 0.5) is 5.69 Å². The average molecular weight is 270 g/mol. The third-order valence-electron chi connectivity index (χ3n) is 4.18. The number of nitrogens with zero attached hydrogens (tertiary/aromatic N) is 1. The lowest BCUT2D eigenvalue weighted by Gasteiger charge is -2.27. The molecule has 4 rings (SSSR count). The summed E-state index contributed by atoms with van der Waals surface area (Å²) in [6.45, 7) is 4.48. The Balaban J connectivity index is 1.50. The van der Waals surface area contributed by atoms with Crippen molar-refractivity contribution in [1.29, 1.82) is 0 Å². The molecule has 0 bridgehead atoms. The van der Waals surface area contributed by atoms with Crippen molar-refractivity contribution in [3.63, 3.8) is 0 Å². The Bertz CT molecular complexity index is 603. The summed E-state index contributed by atoms with van der Waals surface area (Å²) in [7, 11) is 0. The molecule has 2 aliphatic rings. The third kappa shape index (κ3) is 2.17. The van der Waals surface area contributed by atoms with E-state index in [9.17, 15) is 0 Å². The van der Waals surface area contributed by atoms with Crippen molar-refractivity contribution in [3.8, 4) is 0 Å². The molecule has 0 aliphatic carbocycles. The Morgan fingerprint density at radius 3 is 3.16 bits per heavy atom. The first-order chi connectivity index (χ1) is 9.38. The minimum absolute atomic E-state index is 1.07. The SMILES string of the molecule is c1cc2c(s1)CCN(Cc1ccc3c(c1)NCC3)C2. The van der Waals surface area contributed by atoms with Gasteiger partial charge in [-0.3, -0.25) is 4.90 Å². The maximum atomic E-state index is 3.47. The van der Waals surface area contributed by atoms with E-state index in [1.54, 1.807) is 4.88 Å². The monoisotopic (exact) mass is 270 g/mol. The Morgan fingerprint density at radius 2 is 2.16 bits per heavy atom. The Labute approximate surface area is 118 Å². The number of benzene rings is 1. The molecule has 0 atom stereocenters. The predicted octanol–water partition coefficient (Wildman–Crippen LogP) is 3.27. The minimum atomic E-state index is 1.07. The molecule has 0 saturated carbocycles. The van der Waals surface area contributed by atoms with Crippen molar-refractivity contribution in [3.05, 3.63) is 51.2 Å². The van der Waals surface area contributed by atoms with Gasteiger partial charge in [0.2, 0.25) is 0 Å². The molecule has 1 aromatic carbocycles. The van der Waals surface area contributed by atoms with Crippen LogP contribution in [0.3, 0.4) is 0 Å². The Kier molecular flexibility index (Phi) is 2.82. The number of hydrogen-bond donors (Lipinski definition) is 1. The fraction of sp³-hybridized carbons (Fsp3) is 0.375. The van der Waals surface area contributed by atoms with Crippen LogP contribution in [-0.2, 0) is 25.9 Å². The van der Waals surface area contributed by atoms with Gasteiger partial charge in [-0.15, -0.1) is 11.3 Å². The molecule has 2 aliphatic heterocycles. The van der Waals surface area contributed by atoms with Crippen molar-refractivity contribution in [2.75, 3.05) is 18.4 Å². The van der Waals surface area contributed by atoms with E-state index in [-0.39, 0.29) is 0 Å². The van der Waals surface area contributed by atoms with E-state index in [0.717, 1.165) is 19.6 Å². The molecule has 0 amide bonds. The Morgan fingerprint density at radius 1 is 1.16 bits per heavy atom. The van der Waals surface area contributed by atoms with Gasteiger partial charge in [0.05, 0.1) is 0 Å². The molecule has 98 valence electrons. The molecule has 0 fully saturated rings. The number of anilines is 1. The lowest BCUT2D eigenvalue weighted by atomic mass is 10.1. The van der Waals surface area contributed by atoms with E-state index in [1.165, 1.54) is 41.8 Å². The maximum absolute atomic E-state index is 3.47. The van der Waals surface area contributed by atoms with Crippen molar-refractivity contribution in [2.24, 2.45) is 0 Å². The molecule has 3 heterocycles. The van der Waals surface area contributed by atoms with Crippen LogP contribution >= 0.6 is 11.3 Å². The summed E-state index contributed by atoms with van der Waals surface area (Å²) < 4.78 is 0. The number of hydrogen-bond acceptors (Lipinski definition) is 3. The van der Waals surface area contributed by atoms with Crippen molar-refractivity contribution >= 4 is 17.0 Å². The van der Waals surface area contributed by atoms with E-state index in [1.807, 2.05) is 11.3 Å². The summed E-state index contributed by atoms with van der Waals surface area (Å²) in [6.07, 6.45) is 2.40. The van der Waals surface area contributed by atoms with Crippen LogP contribution in [0.5, 0.6) is 0 Å². The zero-order chi connectivity index (χ0) is 12.7. The lowest BCUT2D eigenvalue weighted by molar-refractivity contribution is 0.247. The number of nitrogens with one attached hydrogen (secondary N) is 1. The van der Waals surface area contributed by atoms with Crippen LogP contribution in [0.25, 0.3) is 0 Å². The first kappa shape index (κ1) is 11.5. The van der Waals surface area contributed by atoms with E-state index in [4.69, 9.17) is 0 Å². The lowest BCUT2D eigenvalue weighted by Crippen LogP contribution is -2.29. The van der Waals surface area contributed by atoms with E-state index >= 15 is 0 Å². The second-order valence-electron chi connectivity index (χ2n) is 5.50. The first-order valence-corrected chi connectivity index (χ1v) is 7.90. The topological polar surface area (TPSA) is 15.3 Å². The molecule has 0 saturated heterocycles. The van der Waals surface area contributed by atoms with Crippen LogP contribution < -0.4 is 5.32 Å². The fourth-order valence-electron chi connectivity index (χ4n) is 3.14. The number of thiophene rings is 1. The van der Waals surface area contributed by atoms with Gasteiger partial charge in [0, 0.05) is 36.7 Å². The molecule has 0 spiro atoms. The summed E-state index contributed by atoms with van der Waals surface area (Å²) in [6, 6.07) is 9.22. The second kappa shape index (κ2) is 4.66. The maximum Gasteiger partial charge on any atom is 0.0376 e. The molecule has 3 heteroatoms. The summed E-state index contributed by atoms with van der Waals surface area (Å²) >= 11 is 1.91. The van der Waals surface area contributed by atoms with Crippen LogP contribution in [0.1, 0.15) is 21.6 Å². The van der Waals surface area contributed by atoms with Crippen LogP contribution in [0, 0.1) is 0 Å². The minimum Gasteiger partial charge on any atom is -0.384 e. The van der Waals surface area contributed by atoms with Crippen LogP contribution in [0.2, 0.25) is 0 Å². The molecule has 19 heavy (non-hydrogen) atoms. The molecular weight excluding hydrogens is 252 g/mol. The zero-order valence-electron chi connectivity index (χ0n) is 11.0. The van der Waals surface area contributed by atoms with Crippen LogP contribution in [-0.4, -0.2) is 18.0 Å². The Hall–Kier alpha value is -1.32. The van der Waals surface area contributed by atoms with E-state index in [2.05, 4.69) is 39.9 Å². The van der Waals surface area contributed by atoms with E-state index < -0.39 is 0 Å². The fourth-order valence-corrected chi connectivity index (χ4v) is 4.03. The normalized spacial score (nSPS) is 17.9. The van der Waals surface area contributed by atoms with E-state index in [0.29, 0.717) is 0 Å². The van der Waals surface area contributed by atoms with Crippen molar-refractivity contribution in [2.45, 2.75) is 25.9 Å². The first-order valence-electron chi connectivity index (χ1n) is 7.02. The largest absolute Gasteiger partial charge is 0.384 e. The van der Waals surface area contributed by atoms with Gasteiger partial charge in [0.25, 0.3) is 0 Å². The highest BCUT2D eigenvalue weighted by molar-refractivity contribution is 7.10. The molecular formula is C16H18N2S. The quantitative estimate of drug-likeness (QED) is 0.901. The van der Waals surface area contributed by atoms with Gasteiger partial charge in [-0.2, -0.15) is 0 Å². The highest BCUT2D eigenvalue weighted by Gasteiger charge is 2.18. The van der Waals surface area contributed by atoms with Gasteiger partial charge in [-0.25, -0.2) is 0 Å². The molecule has 1 N–H and O–H groups in total. The smallest absolute Gasteiger partial charge is 0.0376 e. The van der Waals surface area contributed by atoms with Gasteiger partial charge >= 0.3 is 0 Å². The third-order valence-corrected chi connectivity index (χ3v) is 5.20. The summed E-state index contributed by atoms with van der Waals surface area (Å²) in [5.41, 5.74) is 5.80. The van der Waals surface area contributed by atoms with Gasteiger partial charge in [-0.05, 0) is 47.0 Å². The molecule has 1 aromatic heterocycles. The highest BCUT2D eigenvalue weighted by atomic mass is 32.1. The second-order valence-corrected chi connectivity index (χ2v) is 6.50. The number of fused-ring (bicyclic) bond motifs is 2. The molecule has 0 unspecified atom stereocenters.